The van der Waals surface area contributed by atoms with Crippen molar-refractivity contribution in [3.8, 4) is 11.5 Å². The summed E-state index contributed by atoms with van der Waals surface area (Å²) in [4.78, 5) is 36.0. The number of anilines is 1. The Labute approximate surface area is 192 Å². The van der Waals surface area contributed by atoms with E-state index in [1.165, 1.54) is 13.3 Å². The number of nitrogens with zero attached hydrogens (tertiary/aromatic N) is 1. The van der Waals surface area contributed by atoms with Crippen molar-refractivity contribution in [3.63, 3.8) is 0 Å². The second-order valence-corrected chi connectivity index (χ2v) is 7.27. The van der Waals surface area contributed by atoms with Crippen LogP contribution in [0.3, 0.4) is 0 Å². The zero-order chi connectivity index (χ0) is 22.9. The van der Waals surface area contributed by atoms with E-state index >= 15 is 0 Å². The maximum atomic E-state index is 12.2. The molecule has 8 nitrogen and oxygen atoms in total. The highest BCUT2D eigenvalue weighted by molar-refractivity contribution is 9.10. The largest absolute Gasteiger partial charge is 0.497 e. The molecule has 0 aliphatic rings. The fourth-order valence-electron chi connectivity index (χ4n) is 2.51. The van der Waals surface area contributed by atoms with Crippen LogP contribution >= 0.6 is 15.9 Å². The predicted octanol–water partition coefficient (Wildman–Crippen LogP) is 3.77. The van der Waals surface area contributed by atoms with Gasteiger partial charge in [-0.15, -0.1) is 0 Å². The van der Waals surface area contributed by atoms with Crippen LogP contribution in [0.15, 0.2) is 82.4 Å². The minimum absolute atomic E-state index is 0.355. The number of hydrogen-bond acceptors (Lipinski definition) is 6. The molecule has 0 radical (unpaired) electrons. The van der Waals surface area contributed by atoms with Crippen molar-refractivity contribution in [1.82, 2.24) is 5.43 Å². The van der Waals surface area contributed by atoms with E-state index in [9.17, 15) is 14.4 Å². The van der Waals surface area contributed by atoms with E-state index in [1.54, 1.807) is 66.7 Å². The van der Waals surface area contributed by atoms with E-state index < -0.39 is 17.8 Å². The topological polar surface area (TPSA) is 106 Å². The lowest BCUT2D eigenvalue weighted by molar-refractivity contribution is -0.136. The summed E-state index contributed by atoms with van der Waals surface area (Å²) in [5, 5.41) is 6.21. The molecule has 162 valence electrons. The average molecular weight is 496 g/mol. The Bertz CT molecular complexity index is 1160. The Morgan fingerprint density at radius 3 is 2.38 bits per heavy atom. The van der Waals surface area contributed by atoms with Gasteiger partial charge in [-0.3, -0.25) is 9.59 Å². The molecule has 0 heterocycles. The van der Waals surface area contributed by atoms with Crippen LogP contribution < -0.4 is 20.2 Å². The summed E-state index contributed by atoms with van der Waals surface area (Å²) >= 11 is 3.31. The van der Waals surface area contributed by atoms with E-state index in [0.717, 1.165) is 4.47 Å². The number of methoxy groups -OCH3 is 1. The summed E-state index contributed by atoms with van der Waals surface area (Å²) in [5.74, 6) is -1.38. The highest BCUT2D eigenvalue weighted by Gasteiger charge is 2.13. The first kappa shape index (κ1) is 22.7. The molecule has 0 saturated carbocycles. The standard InChI is InChI=1S/C23H18BrN3O5/c1-31-20-7-3-6-18(13-20)26-21(28)22(29)27-25-14-15-8-10-19(11-9-15)32-23(30)16-4-2-5-17(24)12-16/h2-14H,1H3,(H,26,28)(H,27,29)/b25-14-. The van der Waals surface area contributed by atoms with Crippen LogP contribution in [0, 0.1) is 0 Å². The van der Waals surface area contributed by atoms with Gasteiger partial charge in [0.2, 0.25) is 0 Å². The van der Waals surface area contributed by atoms with Gasteiger partial charge in [0.05, 0.1) is 18.9 Å². The first-order valence-corrected chi connectivity index (χ1v) is 10.1. The summed E-state index contributed by atoms with van der Waals surface area (Å²) in [6.45, 7) is 0. The van der Waals surface area contributed by atoms with Crippen LogP contribution in [0.5, 0.6) is 11.5 Å². The third-order valence-corrected chi connectivity index (χ3v) is 4.56. The Balaban J connectivity index is 1.51. The molecule has 0 aliphatic carbocycles. The SMILES string of the molecule is COc1cccc(NC(=O)C(=O)N/N=C\c2ccc(OC(=O)c3cccc(Br)c3)cc2)c1. The molecule has 0 aliphatic heterocycles. The van der Waals surface area contributed by atoms with E-state index in [4.69, 9.17) is 9.47 Å². The monoisotopic (exact) mass is 495 g/mol. The number of carbonyl (C=O) groups is 3. The first-order chi connectivity index (χ1) is 15.4. The zero-order valence-electron chi connectivity index (χ0n) is 16.9. The lowest BCUT2D eigenvalue weighted by Crippen LogP contribution is -2.32. The molecule has 0 spiro atoms. The first-order valence-electron chi connectivity index (χ1n) is 9.31. The summed E-state index contributed by atoms with van der Waals surface area (Å²) in [5.41, 5.74) is 3.61. The molecule has 0 unspecified atom stereocenters. The maximum Gasteiger partial charge on any atom is 0.343 e. The number of nitrogens with one attached hydrogen (secondary N) is 2. The number of benzene rings is 3. The number of hydrazone groups is 1. The maximum absolute atomic E-state index is 12.2. The number of amides is 2. The van der Waals surface area contributed by atoms with Gasteiger partial charge in [-0.25, -0.2) is 10.2 Å². The van der Waals surface area contributed by atoms with Crippen LogP contribution in [0.25, 0.3) is 0 Å². The van der Waals surface area contributed by atoms with E-state index in [1.807, 2.05) is 6.07 Å². The average Bonchev–Trinajstić information content (AvgIpc) is 2.80. The number of halogens is 1. The lowest BCUT2D eigenvalue weighted by Gasteiger charge is -2.06. The van der Waals surface area contributed by atoms with Gasteiger partial charge in [0.15, 0.2) is 0 Å². The fraction of sp³-hybridized carbons (Fsp3) is 0.0435. The molecule has 0 fully saturated rings. The molecule has 0 saturated heterocycles. The normalized spacial score (nSPS) is 10.4. The van der Waals surface area contributed by atoms with Gasteiger partial charge in [-0.05, 0) is 60.2 Å². The molecule has 0 aromatic heterocycles. The third-order valence-electron chi connectivity index (χ3n) is 4.06. The molecule has 32 heavy (non-hydrogen) atoms. The molecule has 2 N–H and O–H groups in total. The molecule has 3 rings (SSSR count). The quantitative estimate of drug-likeness (QED) is 0.178. The van der Waals surface area contributed by atoms with Gasteiger partial charge in [0.25, 0.3) is 0 Å². The van der Waals surface area contributed by atoms with Crippen molar-refractivity contribution in [2.75, 3.05) is 12.4 Å². The highest BCUT2D eigenvalue weighted by atomic mass is 79.9. The van der Waals surface area contributed by atoms with Gasteiger partial charge in [-0.2, -0.15) is 5.10 Å². The third kappa shape index (κ3) is 6.51. The molecule has 0 atom stereocenters. The van der Waals surface area contributed by atoms with E-state index in [2.05, 4.69) is 31.8 Å². The van der Waals surface area contributed by atoms with Crippen LogP contribution in [0.2, 0.25) is 0 Å². The number of hydrogen-bond donors (Lipinski definition) is 2. The van der Waals surface area contributed by atoms with Crippen molar-refractivity contribution in [3.05, 3.63) is 88.4 Å². The lowest BCUT2D eigenvalue weighted by atomic mass is 10.2. The van der Waals surface area contributed by atoms with E-state index in [0.29, 0.717) is 28.3 Å². The highest BCUT2D eigenvalue weighted by Crippen LogP contribution is 2.17. The number of rotatable bonds is 6. The van der Waals surface area contributed by atoms with Crippen molar-refractivity contribution >= 4 is 45.6 Å². The molecular formula is C23H18BrN3O5. The summed E-state index contributed by atoms with van der Waals surface area (Å²) < 4.78 is 11.2. The van der Waals surface area contributed by atoms with Crippen molar-refractivity contribution in [2.24, 2.45) is 5.10 Å². The Kier molecular flexibility index (Phi) is 7.71. The van der Waals surface area contributed by atoms with Crippen LogP contribution in [0.1, 0.15) is 15.9 Å². The second kappa shape index (κ2) is 10.9. The van der Waals surface area contributed by atoms with Crippen molar-refractivity contribution < 1.29 is 23.9 Å². The van der Waals surface area contributed by atoms with Gasteiger partial charge in [0, 0.05) is 16.2 Å². The second-order valence-electron chi connectivity index (χ2n) is 6.35. The fourth-order valence-corrected chi connectivity index (χ4v) is 2.91. The Hall–Kier alpha value is -3.98. The minimum Gasteiger partial charge on any atom is -0.497 e. The molecule has 3 aromatic rings. The Morgan fingerprint density at radius 1 is 0.906 bits per heavy atom. The number of esters is 1. The van der Waals surface area contributed by atoms with Gasteiger partial charge >= 0.3 is 17.8 Å². The van der Waals surface area contributed by atoms with Gasteiger partial charge in [-0.1, -0.05) is 28.1 Å². The molecule has 9 heteroatoms. The van der Waals surface area contributed by atoms with E-state index in [-0.39, 0.29) is 0 Å². The summed E-state index contributed by atoms with van der Waals surface area (Å²) in [6, 6.07) is 20.0. The molecular weight excluding hydrogens is 478 g/mol. The predicted molar refractivity (Wildman–Crippen MR) is 123 cm³/mol. The summed E-state index contributed by atoms with van der Waals surface area (Å²) in [7, 11) is 1.50. The number of carbonyl (C=O) groups excluding carboxylic acids is 3. The molecule has 2 amide bonds. The smallest absolute Gasteiger partial charge is 0.343 e. The van der Waals surface area contributed by atoms with Crippen LogP contribution in [-0.2, 0) is 9.59 Å². The van der Waals surface area contributed by atoms with Crippen molar-refractivity contribution in [2.45, 2.75) is 0 Å². The van der Waals surface area contributed by atoms with Gasteiger partial charge in [0.1, 0.15) is 11.5 Å². The molecule has 3 aromatic carbocycles. The Morgan fingerprint density at radius 2 is 1.66 bits per heavy atom. The van der Waals surface area contributed by atoms with Crippen LogP contribution in [-0.4, -0.2) is 31.1 Å². The summed E-state index contributed by atoms with van der Waals surface area (Å²) in [6.07, 6.45) is 1.36. The van der Waals surface area contributed by atoms with Crippen molar-refractivity contribution in [1.29, 1.82) is 0 Å². The van der Waals surface area contributed by atoms with Crippen LogP contribution in [0.4, 0.5) is 5.69 Å². The number of ether oxygens (including phenoxy) is 2. The van der Waals surface area contributed by atoms with Gasteiger partial charge < -0.3 is 14.8 Å². The molecule has 0 bridgehead atoms. The zero-order valence-corrected chi connectivity index (χ0v) is 18.5. The minimum atomic E-state index is -0.927.